The summed E-state index contributed by atoms with van der Waals surface area (Å²) in [6, 6.07) is 0.999. The van der Waals surface area contributed by atoms with Gasteiger partial charge in [-0.15, -0.1) is 0 Å². The second-order valence-electron chi connectivity index (χ2n) is 12.0. The molecule has 1 saturated heterocycles. The molecule has 23 heteroatoms. The molecule has 0 bridgehead atoms. The summed E-state index contributed by atoms with van der Waals surface area (Å²) in [5.41, 5.74) is -1.95. The van der Waals surface area contributed by atoms with Gasteiger partial charge < -0.3 is 51.0 Å². The van der Waals surface area contributed by atoms with E-state index in [1.807, 2.05) is 0 Å². The number of phenolic OH excluding ortho intramolecular Hbond substituents is 3. The largest absolute Gasteiger partial charge is 0.547 e. The molecule has 6 amide bonds. The molecule has 0 radical (unpaired) electrons. The van der Waals surface area contributed by atoms with E-state index < -0.39 is 128 Å². The standard InChI is InChI=1S/C32H27BCl2F3N5O12/c34-20-14(11-16(37)24(45)25(20)46)23(28(48)40-18-10-12-2-4-15(36)19(31(51)52)26(12)55-33(18)54)41-32(53)43-9-8-42(29(49)30(43)50)7-1-6-39-27(47)13-3-5-17(44)21(35)22(13)38/h2-5,11,18,23,44-46,54H,1,6-10H2,(H,39,47)(H,40,48)(H,41,53)(H,51,52)/t18-,23?/m0/s1. The van der Waals surface area contributed by atoms with Crippen molar-refractivity contribution in [1.29, 1.82) is 0 Å². The van der Waals surface area contributed by atoms with E-state index in [4.69, 9.17) is 27.9 Å². The van der Waals surface area contributed by atoms with Crippen LogP contribution in [0, 0.1) is 17.5 Å². The highest BCUT2D eigenvalue weighted by molar-refractivity contribution is 6.47. The monoisotopic (exact) mass is 811 g/mol. The third-order valence-electron chi connectivity index (χ3n) is 8.54. The molecule has 290 valence electrons. The summed E-state index contributed by atoms with van der Waals surface area (Å²) in [7, 11) is -2.00. The van der Waals surface area contributed by atoms with Gasteiger partial charge in [0.15, 0.2) is 23.1 Å². The summed E-state index contributed by atoms with van der Waals surface area (Å²) in [6.45, 7) is -0.881. The van der Waals surface area contributed by atoms with Crippen LogP contribution in [0.5, 0.6) is 23.0 Å². The molecule has 0 saturated carbocycles. The minimum absolute atomic E-state index is 0.0434. The Hall–Kier alpha value is -5.93. The molecule has 55 heavy (non-hydrogen) atoms. The van der Waals surface area contributed by atoms with Crippen molar-refractivity contribution in [2.45, 2.75) is 24.8 Å². The van der Waals surface area contributed by atoms with Gasteiger partial charge in [-0.1, -0.05) is 29.3 Å². The van der Waals surface area contributed by atoms with Crippen LogP contribution in [0.1, 0.15) is 44.3 Å². The number of amides is 6. The van der Waals surface area contributed by atoms with Crippen LogP contribution in [-0.4, -0.2) is 110 Å². The number of urea groups is 1. The zero-order valence-corrected chi connectivity index (χ0v) is 29.3. The molecule has 0 aliphatic carbocycles. The van der Waals surface area contributed by atoms with Crippen molar-refractivity contribution in [3.8, 4) is 23.0 Å². The number of nitrogens with one attached hydrogen (secondary N) is 3. The van der Waals surface area contributed by atoms with Gasteiger partial charge in [-0.25, -0.2) is 22.8 Å². The maximum Gasteiger partial charge on any atom is 0.547 e. The number of piperazine rings is 1. The minimum atomic E-state index is -2.10. The van der Waals surface area contributed by atoms with Gasteiger partial charge in [0.25, 0.3) is 5.91 Å². The number of aromatic hydroxyl groups is 3. The molecule has 2 heterocycles. The van der Waals surface area contributed by atoms with Crippen LogP contribution in [0.2, 0.25) is 10.0 Å². The van der Waals surface area contributed by atoms with Crippen molar-refractivity contribution >= 4 is 65.9 Å². The van der Waals surface area contributed by atoms with Crippen molar-refractivity contribution < 1.29 is 72.0 Å². The summed E-state index contributed by atoms with van der Waals surface area (Å²) < 4.78 is 48.2. The Labute approximate surface area is 317 Å². The third kappa shape index (κ3) is 8.13. The number of benzene rings is 3. The fourth-order valence-electron chi connectivity index (χ4n) is 5.71. The average Bonchev–Trinajstić information content (AvgIpc) is 3.13. The second kappa shape index (κ2) is 16.2. The van der Waals surface area contributed by atoms with E-state index >= 15 is 0 Å². The van der Waals surface area contributed by atoms with Gasteiger partial charge in [0.1, 0.15) is 33.9 Å². The fraction of sp³-hybridized carbons (Fsp3) is 0.250. The molecule has 2 aliphatic rings. The van der Waals surface area contributed by atoms with Gasteiger partial charge in [-0.3, -0.25) is 24.1 Å². The summed E-state index contributed by atoms with van der Waals surface area (Å²) in [5, 5.41) is 54.8. The first-order valence-corrected chi connectivity index (χ1v) is 16.6. The number of rotatable bonds is 10. The lowest BCUT2D eigenvalue weighted by atomic mass is 9.72. The van der Waals surface area contributed by atoms with Crippen molar-refractivity contribution in [3.63, 3.8) is 0 Å². The Balaban J connectivity index is 1.27. The highest BCUT2D eigenvalue weighted by Gasteiger charge is 2.42. The molecule has 0 spiro atoms. The van der Waals surface area contributed by atoms with E-state index in [2.05, 4.69) is 16.0 Å². The predicted molar refractivity (Wildman–Crippen MR) is 182 cm³/mol. The lowest BCUT2D eigenvalue weighted by Crippen LogP contribution is -2.60. The SMILES string of the molecule is O=C(NCCCN1CCN(C(=O)NC(C(=O)N[C@H]2Cc3ccc(F)c(C(=O)O)c3OB2O)c2cc(F)c(O)c(O)c2Cl)C(=O)C1=O)c1ccc(O)c(Cl)c1F. The Morgan fingerprint density at radius 1 is 0.964 bits per heavy atom. The third-order valence-corrected chi connectivity index (χ3v) is 9.30. The number of nitrogens with zero attached hydrogens (tertiary/aromatic N) is 2. The predicted octanol–water partition coefficient (Wildman–Crippen LogP) is 1.61. The van der Waals surface area contributed by atoms with Gasteiger partial charge in [0, 0.05) is 31.7 Å². The molecule has 8 N–H and O–H groups in total. The number of aromatic carboxylic acids is 1. The molecule has 17 nitrogen and oxygen atoms in total. The van der Waals surface area contributed by atoms with Crippen LogP contribution < -0.4 is 20.6 Å². The Morgan fingerprint density at radius 3 is 2.36 bits per heavy atom. The number of carboxylic acids is 1. The summed E-state index contributed by atoms with van der Waals surface area (Å²) in [6.07, 6.45) is -0.290. The van der Waals surface area contributed by atoms with E-state index in [0.717, 1.165) is 29.2 Å². The van der Waals surface area contributed by atoms with E-state index in [0.29, 0.717) is 11.0 Å². The van der Waals surface area contributed by atoms with Crippen LogP contribution in [-0.2, 0) is 20.8 Å². The number of fused-ring (bicyclic) bond motifs is 1. The molecule has 2 aliphatic heterocycles. The number of imide groups is 1. The highest BCUT2D eigenvalue weighted by atomic mass is 35.5. The Kier molecular flexibility index (Phi) is 11.9. The number of carbonyl (C=O) groups excluding carboxylic acids is 5. The fourth-order valence-corrected chi connectivity index (χ4v) is 6.12. The minimum Gasteiger partial charge on any atom is -0.534 e. The summed E-state index contributed by atoms with van der Waals surface area (Å²) >= 11 is 11.7. The summed E-state index contributed by atoms with van der Waals surface area (Å²) in [5.74, 6) is -15.2. The molecule has 0 aromatic heterocycles. The number of phenols is 3. The molecule has 1 unspecified atom stereocenters. The smallest absolute Gasteiger partial charge is 0.534 e. The van der Waals surface area contributed by atoms with E-state index in [9.17, 15) is 67.4 Å². The number of halogens is 5. The highest BCUT2D eigenvalue weighted by Crippen LogP contribution is 2.41. The zero-order chi connectivity index (χ0) is 40.5. The normalized spacial score (nSPS) is 15.9. The Morgan fingerprint density at radius 2 is 1.67 bits per heavy atom. The lowest BCUT2D eigenvalue weighted by Gasteiger charge is -2.34. The lowest BCUT2D eigenvalue weighted by molar-refractivity contribution is -0.153. The first-order valence-electron chi connectivity index (χ1n) is 15.9. The molecule has 3 aromatic rings. The number of carboxylic acid groups (broad SMARTS) is 1. The molecular formula is C32H27BCl2F3N5O12. The van der Waals surface area contributed by atoms with E-state index in [-0.39, 0.29) is 38.0 Å². The van der Waals surface area contributed by atoms with Crippen molar-refractivity contribution in [2.24, 2.45) is 0 Å². The molecular weight excluding hydrogens is 785 g/mol. The van der Waals surface area contributed by atoms with Crippen LogP contribution in [0.3, 0.4) is 0 Å². The quantitative estimate of drug-likeness (QED) is 0.0629. The van der Waals surface area contributed by atoms with Crippen LogP contribution in [0.4, 0.5) is 18.0 Å². The van der Waals surface area contributed by atoms with Gasteiger partial charge >= 0.3 is 30.9 Å². The molecule has 1 fully saturated rings. The second-order valence-corrected chi connectivity index (χ2v) is 12.8. The van der Waals surface area contributed by atoms with Crippen molar-refractivity contribution in [3.05, 3.63) is 80.1 Å². The van der Waals surface area contributed by atoms with E-state index in [1.54, 1.807) is 0 Å². The maximum absolute atomic E-state index is 14.6. The topological polar surface area (TPSA) is 255 Å². The Bertz CT molecular complexity index is 2130. The van der Waals surface area contributed by atoms with Gasteiger partial charge in [0.2, 0.25) is 5.91 Å². The maximum atomic E-state index is 14.6. The molecule has 5 rings (SSSR count). The van der Waals surface area contributed by atoms with Crippen LogP contribution in [0.25, 0.3) is 0 Å². The van der Waals surface area contributed by atoms with Crippen molar-refractivity contribution in [1.82, 2.24) is 25.8 Å². The van der Waals surface area contributed by atoms with Crippen molar-refractivity contribution in [2.75, 3.05) is 26.2 Å². The summed E-state index contributed by atoms with van der Waals surface area (Å²) in [4.78, 5) is 78.5. The molecule has 3 aromatic carbocycles. The number of hydrogen-bond donors (Lipinski definition) is 8. The first-order chi connectivity index (χ1) is 25.9. The number of carbonyl (C=O) groups is 6. The van der Waals surface area contributed by atoms with Gasteiger partial charge in [-0.2, -0.15) is 0 Å². The van der Waals surface area contributed by atoms with Crippen LogP contribution >= 0.6 is 23.2 Å². The van der Waals surface area contributed by atoms with E-state index in [1.165, 1.54) is 0 Å². The van der Waals surface area contributed by atoms with Gasteiger partial charge in [-0.05, 0) is 42.7 Å². The number of hydrogen-bond acceptors (Lipinski definition) is 11. The first kappa shape index (κ1) is 40.3. The van der Waals surface area contributed by atoms with Crippen LogP contribution in [0.15, 0.2) is 30.3 Å². The molecule has 2 atom stereocenters. The zero-order valence-electron chi connectivity index (χ0n) is 27.7. The average molecular weight is 812 g/mol. The van der Waals surface area contributed by atoms with Gasteiger partial charge in [0.05, 0.1) is 16.5 Å².